The number of rotatable bonds is 5. The smallest absolute Gasteiger partial charge is 0.255 e. The minimum absolute atomic E-state index is 0.133. The van der Waals surface area contributed by atoms with Crippen molar-refractivity contribution in [3.8, 4) is 5.75 Å². The lowest BCUT2D eigenvalue weighted by molar-refractivity contribution is 0.102. The van der Waals surface area contributed by atoms with Crippen LogP contribution in [-0.4, -0.2) is 5.91 Å². The van der Waals surface area contributed by atoms with Crippen molar-refractivity contribution in [1.82, 2.24) is 0 Å². The van der Waals surface area contributed by atoms with Crippen LogP contribution in [0, 0.1) is 0 Å². The third-order valence-electron chi connectivity index (χ3n) is 3.47. The number of halogens is 1. The number of para-hydroxylation sites is 1. The molecule has 0 heterocycles. The Morgan fingerprint density at radius 3 is 2.21 bits per heavy atom. The van der Waals surface area contributed by atoms with Crippen molar-refractivity contribution in [2.45, 2.75) is 6.61 Å². The molecule has 3 aromatic rings. The van der Waals surface area contributed by atoms with Crippen LogP contribution in [0.5, 0.6) is 5.75 Å². The Balaban J connectivity index is 1.58. The van der Waals surface area contributed by atoms with Gasteiger partial charge in [-0.3, -0.25) is 4.79 Å². The van der Waals surface area contributed by atoms with E-state index in [1.807, 2.05) is 54.6 Å². The highest BCUT2D eigenvalue weighted by molar-refractivity contribution is 6.30. The summed E-state index contributed by atoms with van der Waals surface area (Å²) in [7, 11) is 0. The van der Waals surface area contributed by atoms with Gasteiger partial charge in [0.15, 0.2) is 0 Å². The molecule has 120 valence electrons. The Kier molecular flexibility index (Phi) is 5.14. The summed E-state index contributed by atoms with van der Waals surface area (Å²) in [5.74, 6) is 0.622. The van der Waals surface area contributed by atoms with Crippen LogP contribution in [0.4, 0.5) is 5.69 Å². The highest BCUT2D eigenvalue weighted by atomic mass is 35.5. The zero-order chi connectivity index (χ0) is 16.8. The Hall–Kier alpha value is -2.78. The number of carbonyl (C=O) groups is 1. The van der Waals surface area contributed by atoms with E-state index in [1.54, 1.807) is 24.3 Å². The van der Waals surface area contributed by atoms with Crippen molar-refractivity contribution in [2.24, 2.45) is 0 Å². The van der Waals surface area contributed by atoms with Gasteiger partial charge in [0, 0.05) is 16.3 Å². The van der Waals surface area contributed by atoms with E-state index in [4.69, 9.17) is 16.3 Å². The van der Waals surface area contributed by atoms with Crippen molar-refractivity contribution >= 4 is 23.2 Å². The van der Waals surface area contributed by atoms with E-state index in [-0.39, 0.29) is 5.91 Å². The monoisotopic (exact) mass is 337 g/mol. The average Bonchev–Trinajstić information content (AvgIpc) is 2.62. The van der Waals surface area contributed by atoms with E-state index in [2.05, 4.69) is 5.32 Å². The molecule has 0 saturated carbocycles. The fraction of sp³-hybridized carbons (Fsp3) is 0.0500. The summed E-state index contributed by atoms with van der Waals surface area (Å²) in [5.41, 5.74) is 2.37. The van der Waals surface area contributed by atoms with Gasteiger partial charge in [-0.05, 0) is 54.1 Å². The number of hydrogen-bond acceptors (Lipinski definition) is 2. The molecule has 0 aliphatic rings. The molecule has 0 spiro atoms. The van der Waals surface area contributed by atoms with E-state index in [1.165, 1.54) is 0 Å². The minimum Gasteiger partial charge on any atom is -0.489 e. The number of nitrogens with one attached hydrogen (secondary N) is 1. The highest BCUT2D eigenvalue weighted by Gasteiger charge is 2.06. The van der Waals surface area contributed by atoms with Gasteiger partial charge in [-0.2, -0.15) is 0 Å². The maximum atomic E-state index is 12.2. The van der Waals surface area contributed by atoms with Gasteiger partial charge in [0.2, 0.25) is 0 Å². The number of amides is 1. The van der Waals surface area contributed by atoms with Gasteiger partial charge in [-0.25, -0.2) is 0 Å². The third kappa shape index (κ3) is 4.37. The van der Waals surface area contributed by atoms with Crippen LogP contribution in [-0.2, 0) is 6.61 Å². The van der Waals surface area contributed by atoms with E-state index in [0.717, 1.165) is 17.0 Å². The molecule has 0 bridgehead atoms. The fourth-order valence-electron chi connectivity index (χ4n) is 2.17. The lowest BCUT2D eigenvalue weighted by atomic mass is 10.1. The Morgan fingerprint density at radius 1 is 0.875 bits per heavy atom. The number of carbonyl (C=O) groups excluding carboxylic acids is 1. The van der Waals surface area contributed by atoms with Crippen LogP contribution in [0.3, 0.4) is 0 Å². The maximum absolute atomic E-state index is 12.2. The first-order chi connectivity index (χ1) is 11.7. The van der Waals surface area contributed by atoms with E-state index in [0.29, 0.717) is 17.2 Å². The standard InChI is InChI=1S/C20H16ClNO2/c21-17-10-12-19(13-11-17)24-14-15-6-8-16(9-7-15)20(23)22-18-4-2-1-3-5-18/h1-13H,14H2,(H,22,23). The van der Waals surface area contributed by atoms with Crippen LogP contribution in [0.1, 0.15) is 15.9 Å². The summed E-state index contributed by atoms with van der Waals surface area (Å²) in [6.07, 6.45) is 0. The SMILES string of the molecule is O=C(Nc1ccccc1)c1ccc(COc2ccc(Cl)cc2)cc1. The van der Waals surface area contributed by atoms with Crippen molar-refractivity contribution in [3.05, 3.63) is 95.0 Å². The molecular weight excluding hydrogens is 322 g/mol. The molecule has 3 aromatic carbocycles. The molecule has 0 aliphatic carbocycles. The molecule has 0 unspecified atom stereocenters. The summed E-state index contributed by atoms with van der Waals surface area (Å²) in [4.78, 5) is 12.2. The number of hydrogen-bond donors (Lipinski definition) is 1. The van der Waals surface area contributed by atoms with Gasteiger partial charge in [0.25, 0.3) is 5.91 Å². The van der Waals surface area contributed by atoms with Crippen molar-refractivity contribution in [1.29, 1.82) is 0 Å². The molecule has 0 saturated heterocycles. The van der Waals surface area contributed by atoms with Gasteiger partial charge in [0.05, 0.1) is 0 Å². The molecule has 1 N–H and O–H groups in total. The van der Waals surface area contributed by atoms with Crippen LogP contribution < -0.4 is 10.1 Å². The average molecular weight is 338 g/mol. The number of anilines is 1. The first-order valence-corrected chi connectivity index (χ1v) is 7.92. The first-order valence-electron chi connectivity index (χ1n) is 7.54. The van der Waals surface area contributed by atoms with Crippen molar-refractivity contribution < 1.29 is 9.53 Å². The molecule has 3 nitrogen and oxygen atoms in total. The number of benzene rings is 3. The van der Waals surface area contributed by atoms with E-state index in [9.17, 15) is 4.79 Å². The second kappa shape index (κ2) is 7.66. The summed E-state index contributed by atoms with van der Waals surface area (Å²) >= 11 is 5.84. The lowest BCUT2D eigenvalue weighted by Crippen LogP contribution is -2.11. The molecular formula is C20H16ClNO2. The third-order valence-corrected chi connectivity index (χ3v) is 3.72. The zero-order valence-electron chi connectivity index (χ0n) is 12.9. The normalized spacial score (nSPS) is 10.2. The molecule has 0 fully saturated rings. The first kappa shape index (κ1) is 16.1. The molecule has 0 aromatic heterocycles. The van der Waals surface area contributed by atoms with Gasteiger partial charge in [-0.1, -0.05) is 41.9 Å². The second-order valence-electron chi connectivity index (χ2n) is 5.26. The molecule has 4 heteroatoms. The van der Waals surface area contributed by atoms with Crippen LogP contribution >= 0.6 is 11.6 Å². The molecule has 0 aliphatic heterocycles. The quantitative estimate of drug-likeness (QED) is 0.697. The van der Waals surface area contributed by atoms with E-state index < -0.39 is 0 Å². The van der Waals surface area contributed by atoms with Crippen molar-refractivity contribution in [3.63, 3.8) is 0 Å². The number of ether oxygens (including phenoxy) is 1. The minimum atomic E-state index is -0.133. The second-order valence-corrected chi connectivity index (χ2v) is 5.70. The maximum Gasteiger partial charge on any atom is 0.255 e. The summed E-state index contributed by atoms with van der Waals surface area (Å²) < 4.78 is 5.68. The molecule has 3 rings (SSSR count). The molecule has 24 heavy (non-hydrogen) atoms. The summed E-state index contributed by atoms with van der Waals surface area (Å²) in [6, 6.07) is 23.9. The topological polar surface area (TPSA) is 38.3 Å². The summed E-state index contributed by atoms with van der Waals surface area (Å²) in [6.45, 7) is 0.433. The fourth-order valence-corrected chi connectivity index (χ4v) is 2.30. The Bertz CT molecular complexity index is 799. The van der Waals surface area contributed by atoms with Gasteiger partial charge in [-0.15, -0.1) is 0 Å². The van der Waals surface area contributed by atoms with Crippen LogP contribution in [0.15, 0.2) is 78.9 Å². The van der Waals surface area contributed by atoms with Gasteiger partial charge < -0.3 is 10.1 Å². The molecule has 0 radical (unpaired) electrons. The Morgan fingerprint density at radius 2 is 1.54 bits per heavy atom. The van der Waals surface area contributed by atoms with Crippen LogP contribution in [0.25, 0.3) is 0 Å². The predicted octanol–water partition coefficient (Wildman–Crippen LogP) is 5.17. The summed E-state index contributed by atoms with van der Waals surface area (Å²) in [5, 5.41) is 3.54. The van der Waals surface area contributed by atoms with Crippen molar-refractivity contribution in [2.75, 3.05) is 5.32 Å². The molecule has 0 atom stereocenters. The van der Waals surface area contributed by atoms with Gasteiger partial charge in [0.1, 0.15) is 12.4 Å². The largest absolute Gasteiger partial charge is 0.489 e. The van der Waals surface area contributed by atoms with E-state index >= 15 is 0 Å². The molecule has 1 amide bonds. The Labute approximate surface area is 145 Å². The van der Waals surface area contributed by atoms with Gasteiger partial charge >= 0.3 is 0 Å². The predicted molar refractivity (Wildman–Crippen MR) is 96.6 cm³/mol. The highest BCUT2D eigenvalue weighted by Crippen LogP contribution is 2.17. The zero-order valence-corrected chi connectivity index (χ0v) is 13.7. The lowest BCUT2D eigenvalue weighted by Gasteiger charge is -2.08. The van der Waals surface area contributed by atoms with Crippen LogP contribution in [0.2, 0.25) is 5.02 Å².